The first-order valence-electron chi connectivity index (χ1n) is 5.84. The summed E-state index contributed by atoms with van der Waals surface area (Å²) in [5.41, 5.74) is 0. The molecule has 0 spiro atoms. The van der Waals surface area contributed by atoms with E-state index in [-0.39, 0.29) is 5.91 Å². The molecule has 1 heterocycles. The Morgan fingerprint density at radius 3 is 2.64 bits per heavy atom. The molecule has 0 aromatic carbocycles. The van der Waals surface area contributed by atoms with Crippen molar-refractivity contribution >= 4 is 5.91 Å². The number of hydrogen-bond donors (Lipinski definition) is 2. The Labute approximate surface area is 85.6 Å². The summed E-state index contributed by atoms with van der Waals surface area (Å²) in [4.78, 5) is 10.9. The summed E-state index contributed by atoms with van der Waals surface area (Å²) >= 11 is 0. The molecule has 3 nitrogen and oxygen atoms in total. The van der Waals surface area contributed by atoms with Gasteiger partial charge in [-0.15, -0.1) is 0 Å². The Morgan fingerprint density at radius 1 is 1.21 bits per heavy atom. The number of carbonyl (C=O) groups excluding carboxylic acids is 1. The SMILES string of the molecule is O=C1CNC(CCC2CCCC2)CN1. The van der Waals surface area contributed by atoms with E-state index in [0.29, 0.717) is 12.6 Å². The van der Waals surface area contributed by atoms with Crippen LogP contribution in [-0.2, 0) is 4.79 Å². The van der Waals surface area contributed by atoms with Gasteiger partial charge in [0, 0.05) is 12.6 Å². The van der Waals surface area contributed by atoms with Crippen LogP contribution in [0.25, 0.3) is 0 Å². The maximum atomic E-state index is 10.9. The second-order valence-corrected chi connectivity index (χ2v) is 4.61. The molecular formula is C11H20N2O. The molecule has 0 aromatic heterocycles. The van der Waals surface area contributed by atoms with Crippen LogP contribution in [0.4, 0.5) is 0 Å². The van der Waals surface area contributed by atoms with Gasteiger partial charge in [-0.05, 0) is 18.8 Å². The van der Waals surface area contributed by atoms with Crippen molar-refractivity contribution in [2.45, 2.75) is 44.6 Å². The summed E-state index contributed by atoms with van der Waals surface area (Å²) in [7, 11) is 0. The predicted octanol–water partition coefficient (Wildman–Crippen LogP) is 1.04. The van der Waals surface area contributed by atoms with Crippen LogP contribution in [0.15, 0.2) is 0 Å². The van der Waals surface area contributed by atoms with Crippen LogP contribution in [0.2, 0.25) is 0 Å². The lowest BCUT2D eigenvalue weighted by Crippen LogP contribution is -2.51. The van der Waals surface area contributed by atoms with E-state index in [1.54, 1.807) is 0 Å². The standard InChI is InChI=1S/C11H20N2O/c14-11-8-12-10(7-13-11)6-5-9-3-1-2-4-9/h9-10,12H,1-8H2,(H,13,14). The highest BCUT2D eigenvalue weighted by molar-refractivity contribution is 5.78. The molecule has 0 aromatic rings. The maximum Gasteiger partial charge on any atom is 0.234 e. The molecule has 1 atom stereocenters. The summed E-state index contributed by atoms with van der Waals surface area (Å²) in [6.45, 7) is 1.33. The van der Waals surface area contributed by atoms with Gasteiger partial charge in [0.2, 0.25) is 5.91 Å². The molecule has 1 aliphatic carbocycles. The van der Waals surface area contributed by atoms with Gasteiger partial charge in [-0.3, -0.25) is 4.79 Å². The Balaban J connectivity index is 1.63. The van der Waals surface area contributed by atoms with Crippen LogP contribution in [0.1, 0.15) is 38.5 Å². The number of hydrogen-bond acceptors (Lipinski definition) is 2. The lowest BCUT2D eigenvalue weighted by atomic mass is 9.98. The molecule has 80 valence electrons. The fourth-order valence-corrected chi connectivity index (χ4v) is 2.55. The molecule has 2 fully saturated rings. The topological polar surface area (TPSA) is 41.1 Å². The van der Waals surface area contributed by atoms with Crippen LogP contribution in [0.3, 0.4) is 0 Å². The van der Waals surface area contributed by atoms with Crippen LogP contribution in [-0.4, -0.2) is 25.0 Å². The third-order valence-electron chi connectivity index (χ3n) is 3.50. The lowest BCUT2D eigenvalue weighted by Gasteiger charge is -2.24. The Morgan fingerprint density at radius 2 is 2.00 bits per heavy atom. The third kappa shape index (κ3) is 2.71. The molecule has 1 amide bonds. The van der Waals surface area contributed by atoms with Gasteiger partial charge >= 0.3 is 0 Å². The van der Waals surface area contributed by atoms with E-state index in [1.807, 2.05) is 0 Å². The smallest absolute Gasteiger partial charge is 0.234 e. The quantitative estimate of drug-likeness (QED) is 0.708. The van der Waals surface area contributed by atoms with Crippen LogP contribution >= 0.6 is 0 Å². The number of nitrogens with one attached hydrogen (secondary N) is 2. The van der Waals surface area contributed by atoms with E-state index in [0.717, 1.165) is 12.5 Å². The molecule has 14 heavy (non-hydrogen) atoms. The summed E-state index contributed by atoms with van der Waals surface area (Å²) in [5.74, 6) is 1.11. The van der Waals surface area contributed by atoms with E-state index in [9.17, 15) is 4.79 Å². The highest BCUT2D eigenvalue weighted by Gasteiger charge is 2.20. The van der Waals surface area contributed by atoms with Crippen LogP contribution in [0.5, 0.6) is 0 Å². The first-order chi connectivity index (χ1) is 6.84. The Bertz CT molecular complexity index is 189. The molecule has 1 saturated carbocycles. The number of amides is 1. The average molecular weight is 196 g/mol. The van der Waals surface area contributed by atoms with Gasteiger partial charge in [0.15, 0.2) is 0 Å². The van der Waals surface area contributed by atoms with Crippen molar-refractivity contribution in [3.63, 3.8) is 0 Å². The number of rotatable bonds is 3. The molecule has 2 aliphatic rings. The van der Waals surface area contributed by atoms with Gasteiger partial charge in [0.25, 0.3) is 0 Å². The van der Waals surface area contributed by atoms with E-state index in [2.05, 4.69) is 10.6 Å². The molecule has 3 heteroatoms. The molecule has 1 saturated heterocycles. The van der Waals surface area contributed by atoms with E-state index in [4.69, 9.17) is 0 Å². The van der Waals surface area contributed by atoms with Crippen molar-refractivity contribution in [1.82, 2.24) is 10.6 Å². The van der Waals surface area contributed by atoms with Crippen molar-refractivity contribution in [1.29, 1.82) is 0 Å². The summed E-state index contributed by atoms with van der Waals surface area (Å²) in [5, 5.41) is 6.19. The van der Waals surface area contributed by atoms with Gasteiger partial charge in [0.1, 0.15) is 0 Å². The van der Waals surface area contributed by atoms with Gasteiger partial charge < -0.3 is 10.6 Å². The summed E-state index contributed by atoms with van der Waals surface area (Å²) in [6.07, 6.45) is 8.29. The number of piperazine rings is 1. The lowest BCUT2D eigenvalue weighted by molar-refractivity contribution is -0.121. The minimum atomic E-state index is 0.141. The average Bonchev–Trinajstić information content (AvgIpc) is 2.70. The summed E-state index contributed by atoms with van der Waals surface area (Å²) < 4.78 is 0. The number of carbonyl (C=O) groups is 1. The minimum Gasteiger partial charge on any atom is -0.353 e. The first kappa shape index (κ1) is 9.97. The van der Waals surface area contributed by atoms with Crippen molar-refractivity contribution in [3.8, 4) is 0 Å². The second kappa shape index (κ2) is 4.78. The van der Waals surface area contributed by atoms with Crippen LogP contribution < -0.4 is 10.6 Å². The zero-order chi connectivity index (χ0) is 9.80. The fourth-order valence-electron chi connectivity index (χ4n) is 2.55. The van der Waals surface area contributed by atoms with E-state index in [1.165, 1.54) is 38.5 Å². The first-order valence-corrected chi connectivity index (χ1v) is 5.84. The fraction of sp³-hybridized carbons (Fsp3) is 0.909. The molecule has 1 unspecified atom stereocenters. The van der Waals surface area contributed by atoms with E-state index >= 15 is 0 Å². The zero-order valence-electron chi connectivity index (χ0n) is 8.72. The van der Waals surface area contributed by atoms with Crippen molar-refractivity contribution in [3.05, 3.63) is 0 Å². The Hall–Kier alpha value is -0.570. The molecule has 2 N–H and O–H groups in total. The highest BCUT2D eigenvalue weighted by Crippen LogP contribution is 2.28. The van der Waals surface area contributed by atoms with Crippen molar-refractivity contribution < 1.29 is 4.79 Å². The van der Waals surface area contributed by atoms with Gasteiger partial charge in [-0.1, -0.05) is 25.7 Å². The molecule has 2 rings (SSSR count). The monoisotopic (exact) mass is 196 g/mol. The maximum absolute atomic E-state index is 10.9. The predicted molar refractivity (Wildman–Crippen MR) is 56.0 cm³/mol. The molecule has 0 bridgehead atoms. The highest BCUT2D eigenvalue weighted by atomic mass is 16.2. The molecular weight excluding hydrogens is 176 g/mol. The van der Waals surface area contributed by atoms with E-state index < -0.39 is 0 Å². The summed E-state index contributed by atoms with van der Waals surface area (Å²) in [6, 6.07) is 0.522. The second-order valence-electron chi connectivity index (χ2n) is 4.61. The minimum absolute atomic E-state index is 0.141. The largest absolute Gasteiger partial charge is 0.353 e. The van der Waals surface area contributed by atoms with Gasteiger partial charge in [-0.25, -0.2) is 0 Å². The molecule has 1 aliphatic heterocycles. The van der Waals surface area contributed by atoms with Gasteiger partial charge in [-0.2, -0.15) is 0 Å². The Kier molecular flexibility index (Phi) is 3.40. The molecule has 0 radical (unpaired) electrons. The zero-order valence-corrected chi connectivity index (χ0v) is 8.72. The third-order valence-corrected chi connectivity index (χ3v) is 3.50. The van der Waals surface area contributed by atoms with Gasteiger partial charge in [0.05, 0.1) is 6.54 Å². The van der Waals surface area contributed by atoms with Crippen LogP contribution in [0, 0.1) is 5.92 Å². The normalized spacial score (nSPS) is 29.1. The van der Waals surface area contributed by atoms with Crippen molar-refractivity contribution in [2.24, 2.45) is 5.92 Å². The van der Waals surface area contributed by atoms with Crippen molar-refractivity contribution in [2.75, 3.05) is 13.1 Å².